The summed E-state index contributed by atoms with van der Waals surface area (Å²) in [5.41, 5.74) is 0.995. The molecule has 1 aromatic heterocycles. The van der Waals surface area contributed by atoms with Gasteiger partial charge in [-0.05, 0) is 22.4 Å². The van der Waals surface area contributed by atoms with E-state index in [0.717, 1.165) is 16.3 Å². The molecule has 116 valence electrons. The van der Waals surface area contributed by atoms with Crippen LogP contribution in [0.3, 0.4) is 0 Å². The maximum Gasteiger partial charge on any atom is 0.325 e. The number of rotatable bonds is 5. The normalized spacial score (nSPS) is 10.5. The fourth-order valence-corrected chi connectivity index (χ4v) is 2.37. The highest BCUT2D eigenvalue weighted by Gasteiger charge is 2.11. The van der Waals surface area contributed by atoms with Gasteiger partial charge in [0.1, 0.15) is 13.2 Å². The van der Waals surface area contributed by atoms with Gasteiger partial charge in [0.15, 0.2) is 0 Å². The first-order valence-corrected chi connectivity index (χ1v) is 7.34. The van der Waals surface area contributed by atoms with E-state index in [2.05, 4.69) is 9.97 Å². The maximum atomic E-state index is 12.0. The van der Waals surface area contributed by atoms with Crippen molar-refractivity contribution < 1.29 is 9.53 Å². The predicted octanol–water partition coefficient (Wildman–Crippen LogP) is 2.81. The number of nitrogens with zero attached hydrogens (tertiary/aromatic N) is 3. The van der Waals surface area contributed by atoms with Crippen molar-refractivity contribution in [1.29, 1.82) is 0 Å². The smallest absolute Gasteiger partial charge is 0.325 e. The molecule has 0 aliphatic heterocycles. The van der Waals surface area contributed by atoms with Crippen molar-refractivity contribution in [2.75, 3.05) is 18.5 Å². The van der Waals surface area contributed by atoms with E-state index in [4.69, 9.17) is 4.74 Å². The number of fused-ring (bicyclic) bond motifs is 1. The van der Waals surface area contributed by atoms with E-state index >= 15 is 0 Å². The summed E-state index contributed by atoms with van der Waals surface area (Å²) >= 11 is 0. The fourth-order valence-electron chi connectivity index (χ4n) is 2.37. The van der Waals surface area contributed by atoms with Crippen LogP contribution in [-0.2, 0) is 16.1 Å². The van der Waals surface area contributed by atoms with Gasteiger partial charge in [-0.25, -0.2) is 9.97 Å². The average molecular weight is 307 g/mol. The number of aromatic nitrogens is 2. The van der Waals surface area contributed by atoms with Crippen molar-refractivity contribution >= 4 is 22.7 Å². The lowest BCUT2D eigenvalue weighted by atomic mass is 10.1. The molecule has 5 heteroatoms. The molecule has 0 aliphatic rings. The van der Waals surface area contributed by atoms with Crippen LogP contribution in [0.2, 0.25) is 0 Å². The van der Waals surface area contributed by atoms with Crippen molar-refractivity contribution in [3.8, 4) is 0 Å². The van der Waals surface area contributed by atoms with Crippen LogP contribution in [0.5, 0.6) is 0 Å². The molecule has 0 saturated carbocycles. The number of carbonyl (C=O) groups excluding carboxylic acids is 1. The molecule has 0 amide bonds. The highest BCUT2D eigenvalue weighted by atomic mass is 16.5. The summed E-state index contributed by atoms with van der Waals surface area (Å²) in [6.45, 7) is 0.360. The zero-order valence-electron chi connectivity index (χ0n) is 12.8. The molecular weight excluding hydrogens is 290 g/mol. The lowest BCUT2D eigenvalue weighted by Crippen LogP contribution is -2.28. The van der Waals surface area contributed by atoms with Gasteiger partial charge < -0.3 is 9.64 Å². The third kappa shape index (κ3) is 3.63. The quantitative estimate of drug-likeness (QED) is 0.678. The van der Waals surface area contributed by atoms with Crippen LogP contribution in [0.1, 0.15) is 5.56 Å². The van der Waals surface area contributed by atoms with Crippen LogP contribution in [0, 0.1) is 0 Å². The van der Waals surface area contributed by atoms with Gasteiger partial charge >= 0.3 is 5.97 Å². The Bertz CT molecular complexity index is 800. The van der Waals surface area contributed by atoms with Gasteiger partial charge in [0, 0.05) is 19.4 Å². The first kappa shape index (κ1) is 15.0. The minimum Gasteiger partial charge on any atom is -0.459 e. The van der Waals surface area contributed by atoms with Crippen molar-refractivity contribution in [1.82, 2.24) is 9.97 Å². The molecule has 0 aliphatic carbocycles. The van der Waals surface area contributed by atoms with Crippen LogP contribution in [0.15, 0.2) is 60.9 Å². The standard InChI is InChI=1S/C18H17N3O2/c1-21(18-19-10-5-11-20-18)12-17(22)23-13-15-8-4-7-14-6-2-3-9-16(14)15/h2-11H,12-13H2,1H3. The Morgan fingerprint density at radius 3 is 2.61 bits per heavy atom. The molecule has 0 saturated heterocycles. The molecule has 3 rings (SSSR count). The van der Waals surface area contributed by atoms with Crippen LogP contribution in [0.4, 0.5) is 5.95 Å². The molecule has 2 aromatic carbocycles. The number of benzene rings is 2. The molecule has 0 spiro atoms. The Balaban J connectivity index is 1.62. The van der Waals surface area contributed by atoms with Gasteiger partial charge in [0.25, 0.3) is 0 Å². The number of anilines is 1. The lowest BCUT2D eigenvalue weighted by Gasteiger charge is -2.15. The molecule has 0 N–H and O–H groups in total. The monoisotopic (exact) mass is 307 g/mol. The van der Waals surface area contributed by atoms with Crippen molar-refractivity contribution in [2.45, 2.75) is 6.61 Å². The third-order valence-corrected chi connectivity index (χ3v) is 3.53. The van der Waals surface area contributed by atoms with Crippen LogP contribution >= 0.6 is 0 Å². The van der Waals surface area contributed by atoms with Crippen molar-refractivity contribution in [3.63, 3.8) is 0 Å². The summed E-state index contributed by atoms with van der Waals surface area (Å²) in [6, 6.07) is 15.8. The largest absolute Gasteiger partial charge is 0.459 e. The Morgan fingerprint density at radius 2 is 1.78 bits per heavy atom. The van der Waals surface area contributed by atoms with E-state index in [0.29, 0.717) is 5.95 Å². The molecular formula is C18H17N3O2. The zero-order chi connectivity index (χ0) is 16.1. The highest BCUT2D eigenvalue weighted by Crippen LogP contribution is 2.19. The number of hydrogen-bond acceptors (Lipinski definition) is 5. The van der Waals surface area contributed by atoms with Crippen LogP contribution in [0.25, 0.3) is 10.8 Å². The molecule has 0 atom stereocenters. The lowest BCUT2D eigenvalue weighted by molar-refractivity contribution is -0.143. The highest BCUT2D eigenvalue weighted by molar-refractivity contribution is 5.85. The van der Waals surface area contributed by atoms with E-state index < -0.39 is 0 Å². The Kier molecular flexibility index (Phi) is 4.47. The van der Waals surface area contributed by atoms with Crippen molar-refractivity contribution in [3.05, 3.63) is 66.5 Å². The van der Waals surface area contributed by atoms with Gasteiger partial charge in [0.05, 0.1) is 0 Å². The Labute approximate surface area is 134 Å². The van der Waals surface area contributed by atoms with Gasteiger partial charge in [-0.3, -0.25) is 4.79 Å². The molecule has 5 nitrogen and oxygen atoms in total. The summed E-state index contributed by atoms with van der Waals surface area (Å²) in [7, 11) is 1.76. The van der Waals surface area contributed by atoms with E-state index in [9.17, 15) is 4.79 Å². The molecule has 0 unspecified atom stereocenters. The number of ether oxygens (including phenoxy) is 1. The fraction of sp³-hybridized carbons (Fsp3) is 0.167. The van der Waals surface area contributed by atoms with Gasteiger partial charge in [0.2, 0.25) is 5.95 Å². The zero-order valence-corrected chi connectivity index (χ0v) is 12.8. The minimum absolute atomic E-state index is 0.106. The van der Waals surface area contributed by atoms with E-state index in [1.54, 1.807) is 30.4 Å². The second kappa shape index (κ2) is 6.87. The number of esters is 1. The van der Waals surface area contributed by atoms with Gasteiger partial charge in [-0.2, -0.15) is 0 Å². The molecule has 0 fully saturated rings. The molecule has 23 heavy (non-hydrogen) atoms. The van der Waals surface area contributed by atoms with Gasteiger partial charge in [-0.15, -0.1) is 0 Å². The van der Waals surface area contributed by atoms with Gasteiger partial charge in [-0.1, -0.05) is 42.5 Å². The van der Waals surface area contributed by atoms with Crippen molar-refractivity contribution in [2.24, 2.45) is 0 Å². The number of likely N-dealkylation sites (N-methyl/N-ethyl adjacent to an activating group) is 1. The molecule has 0 bridgehead atoms. The number of hydrogen-bond donors (Lipinski definition) is 0. The summed E-state index contributed by atoms with van der Waals surface area (Å²) in [5, 5.41) is 2.23. The predicted molar refractivity (Wildman–Crippen MR) is 89.0 cm³/mol. The summed E-state index contributed by atoms with van der Waals surface area (Å²) in [6.07, 6.45) is 3.28. The summed E-state index contributed by atoms with van der Waals surface area (Å²) in [4.78, 5) is 21.9. The van der Waals surface area contributed by atoms with Crippen LogP contribution in [-0.4, -0.2) is 29.5 Å². The first-order valence-electron chi connectivity index (χ1n) is 7.34. The second-order valence-electron chi connectivity index (χ2n) is 5.20. The average Bonchev–Trinajstić information content (AvgIpc) is 2.60. The number of carbonyl (C=O) groups is 1. The SMILES string of the molecule is CN(CC(=O)OCc1cccc2ccccc12)c1ncccn1. The maximum absolute atomic E-state index is 12.0. The topological polar surface area (TPSA) is 55.3 Å². The Hall–Kier alpha value is -2.95. The minimum atomic E-state index is -0.312. The van der Waals surface area contributed by atoms with Crippen LogP contribution < -0.4 is 4.90 Å². The third-order valence-electron chi connectivity index (χ3n) is 3.53. The molecule has 3 aromatic rings. The molecule has 0 radical (unpaired) electrons. The molecule has 1 heterocycles. The van der Waals surface area contributed by atoms with E-state index in [1.807, 2.05) is 42.5 Å². The van der Waals surface area contributed by atoms with E-state index in [-0.39, 0.29) is 19.1 Å². The Morgan fingerprint density at radius 1 is 1.04 bits per heavy atom. The summed E-state index contributed by atoms with van der Waals surface area (Å²) < 4.78 is 5.39. The first-order chi connectivity index (χ1) is 11.2. The van der Waals surface area contributed by atoms with E-state index in [1.165, 1.54) is 0 Å². The summed E-state index contributed by atoms with van der Waals surface area (Å²) in [5.74, 6) is 0.183. The second-order valence-corrected chi connectivity index (χ2v) is 5.20.